The van der Waals surface area contributed by atoms with E-state index in [2.05, 4.69) is 0 Å². The Kier molecular flexibility index (Phi) is 3.68. The zero-order valence-corrected chi connectivity index (χ0v) is 13.2. The van der Waals surface area contributed by atoms with Gasteiger partial charge in [0.15, 0.2) is 0 Å². The monoisotopic (exact) mass is 287 g/mol. The quantitative estimate of drug-likeness (QED) is 0.794. The topological polar surface area (TPSA) is 29.5 Å². The number of hydrogen-bond donors (Lipinski definition) is 0. The molecule has 3 unspecified atom stereocenters. The van der Waals surface area contributed by atoms with Gasteiger partial charge in [0.1, 0.15) is 5.60 Å². The van der Waals surface area contributed by atoms with Gasteiger partial charge in [-0.1, -0.05) is 24.6 Å². The van der Waals surface area contributed by atoms with Crippen LogP contribution in [0, 0.1) is 11.8 Å². The molecule has 0 N–H and O–H groups in total. The maximum atomic E-state index is 12.7. The van der Waals surface area contributed by atoms with Crippen LogP contribution in [0.1, 0.15) is 46.5 Å². The number of nitrogens with zero attached hydrogens (tertiary/aromatic N) is 1. The smallest absolute Gasteiger partial charge is 0.415 e. The Morgan fingerprint density at radius 1 is 1.14 bits per heavy atom. The molecule has 3 heteroatoms. The highest BCUT2D eigenvalue weighted by Gasteiger charge is 2.45. The van der Waals surface area contributed by atoms with Crippen LogP contribution in [0.4, 0.5) is 10.5 Å². The first kappa shape index (κ1) is 14.4. The highest BCUT2D eigenvalue weighted by atomic mass is 16.6. The van der Waals surface area contributed by atoms with Crippen molar-refractivity contribution in [2.45, 2.75) is 58.1 Å². The Bertz CT molecular complexity index is 506. The highest BCUT2D eigenvalue weighted by molar-refractivity contribution is 5.88. The molecule has 3 atom stereocenters. The molecule has 3 nitrogen and oxygen atoms in total. The van der Waals surface area contributed by atoms with Crippen LogP contribution in [0.15, 0.2) is 30.3 Å². The van der Waals surface area contributed by atoms with E-state index >= 15 is 0 Å². The summed E-state index contributed by atoms with van der Waals surface area (Å²) in [6.45, 7) is 5.78. The van der Waals surface area contributed by atoms with E-state index in [9.17, 15) is 4.79 Å². The summed E-state index contributed by atoms with van der Waals surface area (Å²) in [5, 5.41) is 0. The number of anilines is 1. The van der Waals surface area contributed by atoms with Crippen LogP contribution >= 0.6 is 0 Å². The van der Waals surface area contributed by atoms with Gasteiger partial charge in [0.25, 0.3) is 0 Å². The van der Waals surface area contributed by atoms with Crippen molar-refractivity contribution in [2.24, 2.45) is 11.8 Å². The van der Waals surface area contributed by atoms with Gasteiger partial charge in [-0.15, -0.1) is 0 Å². The van der Waals surface area contributed by atoms with Crippen molar-refractivity contribution in [1.29, 1.82) is 0 Å². The number of amides is 1. The zero-order valence-electron chi connectivity index (χ0n) is 13.2. The zero-order chi connectivity index (χ0) is 15.0. The number of rotatable bonds is 2. The second-order valence-corrected chi connectivity index (χ2v) is 7.43. The fourth-order valence-electron chi connectivity index (χ4n) is 3.86. The molecule has 0 heterocycles. The van der Waals surface area contributed by atoms with E-state index in [-0.39, 0.29) is 6.09 Å². The van der Waals surface area contributed by atoms with Gasteiger partial charge in [0.2, 0.25) is 0 Å². The molecule has 114 valence electrons. The fourth-order valence-corrected chi connectivity index (χ4v) is 3.86. The first-order chi connectivity index (χ1) is 9.94. The third-order valence-electron chi connectivity index (χ3n) is 4.66. The number of para-hydroxylation sites is 1. The molecular weight excluding hydrogens is 262 g/mol. The Hall–Kier alpha value is -1.51. The SMILES string of the molecule is CC(C)(C)OC(=O)N(c1ccccc1)C1CC2CCC1C2. The first-order valence-electron chi connectivity index (χ1n) is 8.01. The van der Waals surface area contributed by atoms with E-state index < -0.39 is 5.60 Å². The Morgan fingerprint density at radius 2 is 1.86 bits per heavy atom. The highest BCUT2D eigenvalue weighted by Crippen LogP contribution is 2.47. The summed E-state index contributed by atoms with van der Waals surface area (Å²) in [6, 6.07) is 10.3. The first-order valence-corrected chi connectivity index (χ1v) is 8.01. The maximum Gasteiger partial charge on any atom is 0.415 e. The summed E-state index contributed by atoms with van der Waals surface area (Å²) in [5.74, 6) is 1.44. The van der Waals surface area contributed by atoms with Crippen molar-refractivity contribution < 1.29 is 9.53 Å². The number of carbonyl (C=O) groups is 1. The van der Waals surface area contributed by atoms with Gasteiger partial charge >= 0.3 is 6.09 Å². The molecule has 1 aromatic rings. The number of hydrogen-bond acceptors (Lipinski definition) is 2. The van der Waals surface area contributed by atoms with Crippen molar-refractivity contribution in [3.63, 3.8) is 0 Å². The lowest BCUT2D eigenvalue weighted by Gasteiger charge is -2.35. The van der Waals surface area contributed by atoms with Crippen LogP contribution in [0.5, 0.6) is 0 Å². The van der Waals surface area contributed by atoms with Crippen molar-refractivity contribution in [3.05, 3.63) is 30.3 Å². The molecule has 2 aliphatic carbocycles. The van der Waals surface area contributed by atoms with E-state index in [1.54, 1.807) is 0 Å². The largest absolute Gasteiger partial charge is 0.443 e. The maximum absolute atomic E-state index is 12.7. The summed E-state index contributed by atoms with van der Waals surface area (Å²) >= 11 is 0. The van der Waals surface area contributed by atoms with Crippen LogP contribution in [-0.2, 0) is 4.74 Å². The lowest BCUT2D eigenvalue weighted by Crippen LogP contribution is -2.46. The number of benzene rings is 1. The van der Waals surface area contributed by atoms with Gasteiger partial charge in [0.05, 0.1) is 0 Å². The number of ether oxygens (including phenoxy) is 1. The minimum absolute atomic E-state index is 0.203. The minimum atomic E-state index is -0.457. The summed E-state index contributed by atoms with van der Waals surface area (Å²) in [7, 11) is 0. The molecule has 0 aromatic heterocycles. The second kappa shape index (κ2) is 5.36. The molecule has 0 spiro atoms. The van der Waals surface area contributed by atoms with Gasteiger partial charge in [-0.2, -0.15) is 0 Å². The summed E-state index contributed by atoms with van der Waals surface area (Å²) in [6.07, 6.45) is 4.78. The summed E-state index contributed by atoms with van der Waals surface area (Å²) in [5.41, 5.74) is 0.506. The minimum Gasteiger partial charge on any atom is -0.443 e. The molecule has 2 bridgehead atoms. The molecular formula is C18H25NO2. The van der Waals surface area contributed by atoms with Crippen molar-refractivity contribution in [1.82, 2.24) is 0 Å². The lowest BCUT2D eigenvalue weighted by atomic mass is 9.94. The lowest BCUT2D eigenvalue weighted by molar-refractivity contribution is 0.0554. The van der Waals surface area contributed by atoms with E-state index in [1.807, 2.05) is 56.0 Å². The van der Waals surface area contributed by atoms with Gasteiger partial charge < -0.3 is 4.74 Å². The van der Waals surface area contributed by atoms with E-state index in [4.69, 9.17) is 4.74 Å². The predicted octanol–water partition coefficient (Wildman–Crippen LogP) is 4.62. The molecule has 0 aliphatic heterocycles. The van der Waals surface area contributed by atoms with Crippen molar-refractivity contribution in [3.8, 4) is 0 Å². The third kappa shape index (κ3) is 3.07. The van der Waals surface area contributed by atoms with E-state index in [0.717, 1.165) is 18.0 Å². The van der Waals surface area contributed by atoms with Crippen LogP contribution in [-0.4, -0.2) is 17.7 Å². The molecule has 21 heavy (non-hydrogen) atoms. The fraction of sp³-hybridized carbons (Fsp3) is 0.611. The standard InChI is InChI=1S/C18H25NO2/c1-18(2,3)21-17(20)19(15-7-5-4-6-8-15)16-12-13-9-10-14(16)11-13/h4-8,13-14,16H,9-12H2,1-3H3. The molecule has 1 aromatic carbocycles. The molecule has 2 aliphatic rings. The van der Waals surface area contributed by atoms with E-state index in [0.29, 0.717) is 12.0 Å². The van der Waals surface area contributed by atoms with Crippen LogP contribution in [0.25, 0.3) is 0 Å². The van der Waals surface area contributed by atoms with Gasteiger partial charge in [-0.25, -0.2) is 4.79 Å². The molecule has 2 fully saturated rings. The van der Waals surface area contributed by atoms with Crippen LogP contribution in [0.2, 0.25) is 0 Å². The Morgan fingerprint density at radius 3 is 2.38 bits per heavy atom. The molecule has 3 rings (SSSR count). The third-order valence-corrected chi connectivity index (χ3v) is 4.66. The van der Waals surface area contributed by atoms with Gasteiger partial charge in [0, 0.05) is 11.7 Å². The molecule has 0 radical (unpaired) electrons. The van der Waals surface area contributed by atoms with Crippen molar-refractivity contribution in [2.75, 3.05) is 4.90 Å². The Labute approximate surface area is 127 Å². The summed E-state index contributed by atoms with van der Waals surface area (Å²) in [4.78, 5) is 14.6. The van der Waals surface area contributed by atoms with Gasteiger partial charge in [-0.05, 0) is 64.0 Å². The van der Waals surface area contributed by atoms with Crippen LogP contribution < -0.4 is 4.90 Å². The van der Waals surface area contributed by atoms with E-state index in [1.165, 1.54) is 19.3 Å². The number of carbonyl (C=O) groups excluding carboxylic acids is 1. The Balaban J connectivity index is 1.87. The second-order valence-electron chi connectivity index (χ2n) is 7.43. The number of fused-ring (bicyclic) bond motifs is 2. The average molecular weight is 287 g/mol. The normalized spacial score (nSPS) is 27.7. The van der Waals surface area contributed by atoms with Gasteiger partial charge in [-0.3, -0.25) is 4.90 Å². The predicted molar refractivity (Wildman–Crippen MR) is 84.4 cm³/mol. The average Bonchev–Trinajstić information content (AvgIpc) is 3.00. The summed E-state index contributed by atoms with van der Waals surface area (Å²) < 4.78 is 5.66. The molecule has 2 saturated carbocycles. The van der Waals surface area contributed by atoms with Crippen molar-refractivity contribution >= 4 is 11.8 Å². The molecule has 0 saturated heterocycles. The van der Waals surface area contributed by atoms with Crippen LogP contribution in [0.3, 0.4) is 0 Å². The molecule has 1 amide bonds.